The molecular formula is C76H50O3. The zero-order valence-corrected chi connectivity index (χ0v) is 43.0. The molecule has 0 atom stereocenters. The number of rotatable bonds is 7. The number of hydrogen-bond donors (Lipinski definition) is 3. The minimum Gasteiger partial charge on any atom is -0.376 e. The Balaban J connectivity index is 0.896. The van der Waals surface area contributed by atoms with Crippen molar-refractivity contribution in [3.05, 3.63) is 357 Å². The van der Waals surface area contributed by atoms with Crippen LogP contribution in [0.2, 0.25) is 0 Å². The Morgan fingerprint density at radius 2 is 0.418 bits per heavy atom. The molecular weight excluding hydrogens is 961 g/mol. The molecule has 0 radical (unpaired) electrons. The molecule has 16 rings (SSSR count). The molecule has 0 heterocycles. The number of aliphatic hydroxyl groups is 3. The first-order chi connectivity index (χ1) is 38.8. The normalized spacial score (nSPS) is 15.4. The summed E-state index contributed by atoms with van der Waals surface area (Å²) >= 11 is 0. The molecule has 0 saturated heterocycles. The van der Waals surface area contributed by atoms with Crippen LogP contribution in [0, 0.1) is 0 Å². The summed E-state index contributed by atoms with van der Waals surface area (Å²) in [6.07, 6.45) is 0. The van der Waals surface area contributed by atoms with E-state index in [1.807, 2.05) is 84.9 Å². The Kier molecular flexibility index (Phi) is 9.69. The van der Waals surface area contributed by atoms with E-state index in [0.29, 0.717) is 0 Å². The summed E-state index contributed by atoms with van der Waals surface area (Å²) in [7, 11) is 0. The van der Waals surface area contributed by atoms with E-state index in [1.54, 1.807) is 0 Å². The van der Waals surface area contributed by atoms with E-state index in [-0.39, 0.29) is 0 Å². The molecule has 0 unspecified atom stereocenters. The lowest BCUT2D eigenvalue weighted by Crippen LogP contribution is -2.31. The van der Waals surface area contributed by atoms with E-state index < -0.39 is 22.2 Å². The van der Waals surface area contributed by atoms with Crippen LogP contribution in [0.1, 0.15) is 72.3 Å². The van der Waals surface area contributed by atoms with Crippen molar-refractivity contribution in [3.8, 4) is 66.8 Å². The summed E-state index contributed by atoms with van der Waals surface area (Å²) < 4.78 is 0. The van der Waals surface area contributed by atoms with Crippen molar-refractivity contribution in [2.45, 2.75) is 22.2 Å². The summed E-state index contributed by atoms with van der Waals surface area (Å²) in [5.41, 5.74) is 19.8. The molecule has 4 aliphatic carbocycles. The molecule has 3 heteroatoms. The average molecular weight is 1010 g/mol. The highest BCUT2D eigenvalue weighted by molar-refractivity contribution is 5.91. The van der Waals surface area contributed by atoms with E-state index in [2.05, 4.69) is 200 Å². The zero-order chi connectivity index (χ0) is 52.7. The third kappa shape index (κ3) is 6.07. The molecule has 79 heavy (non-hydrogen) atoms. The van der Waals surface area contributed by atoms with Crippen molar-refractivity contribution in [1.82, 2.24) is 0 Å². The van der Waals surface area contributed by atoms with Gasteiger partial charge in [-0.2, -0.15) is 0 Å². The lowest BCUT2D eigenvalue weighted by Gasteiger charge is -2.37. The molecule has 12 aromatic rings. The van der Waals surface area contributed by atoms with Crippen LogP contribution >= 0.6 is 0 Å². The summed E-state index contributed by atoms with van der Waals surface area (Å²) in [4.78, 5) is 0. The van der Waals surface area contributed by atoms with Crippen LogP contribution in [0.15, 0.2) is 285 Å². The van der Waals surface area contributed by atoms with Gasteiger partial charge in [-0.25, -0.2) is 0 Å². The van der Waals surface area contributed by atoms with Gasteiger partial charge in [0.1, 0.15) is 16.8 Å². The van der Waals surface area contributed by atoms with Crippen LogP contribution < -0.4 is 0 Å². The summed E-state index contributed by atoms with van der Waals surface area (Å²) in [5, 5.41) is 39.4. The molecule has 4 aliphatic rings. The Labute approximate surface area is 459 Å². The molecule has 0 aliphatic heterocycles. The molecule has 0 spiro atoms. The van der Waals surface area contributed by atoms with Gasteiger partial charge in [-0.05, 0) is 106 Å². The van der Waals surface area contributed by atoms with Gasteiger partial charge in [0.05, 0.1) is 5.41 Å². The summed E-state index contributed by atoms with van der Waals surface area (Å²) in [5.74, 6) is 0. The van der Waals surface area contributed by atoms with E-state index in [9.17, 15) is 15.3 Å². The van der Waals surface area contributed by atoms with Gasteiger partial charge in [-0.1, -0.05) is 285 Å². The highest BCUT2D eigenvalue weighted by Gasteiger charge is 2.50. The first kappa shape index (κ1) is 45.7. The maximum absolute atomic E-state index is 13.7. The van der Waals surface area contributed by atoms with Gasteiger partial charge >= 0.3 is 0 Å². The number of hydrogen-bond acceptors (Lipinski definition) is 3. The molecule has 0 saturated carbocycles. The van der Waals surface area contributed by atoms with Crippen molar-refractivity contribution < 1.29 is 15.3 Å². The zero-order valence-electron chi connectivity index (χ0n) is 43.0. The second kappa shape index (κ2) is 16.8. The topological polar surface area (TPSA) is 60.7 Å². The molecule has 0 bridgehead atoms. The fourth-order valence-electron chi connectivity index (χ4n) is 14.6. The van der Waals surface area contributed by atoms with E-state index in [0.717, 1.165) is 139 Å². The van der Waals surface area contributed by atoms with E-state index in [1.165, 1.54) is 0 Å². The van der Waals surface area contributed by atoms with E-state index >= 15 is 0 Å². The first-order valence-electron chi connectivity index (χ1n) is 27.2. The van der Waals surface area contributed by atoms with Crippen molar-refractivity contribution >= 4 is 0 Å². The van der Waals surface area contributed by atoms with Crippen LogP contribution in [0.5, 0.6) is 0 Å². The second-order valence-electron chi connectivity index (χ2n) is 21.7. The predicted octanol–water partition coefficient (Wildman–Crippen LogP) is 16.2. The maximum Gasteiger partial charge on any atom is 0.141 e. The number of benzene rings is 12. The van der Waals surface area contributed by atoms with Crippen molar-refractivity contribution in [1.29, 1.82) is 0 Å². The molecule has 372 valence electrons. The molecule has 0 amide bonds. The third-order valence-electron chi connectivity index (χ3n) is 18.1. The van der Waals surface area contributed by atoms with Gasteiger partial charge in [-0.3, -0.25) is 0 Å². The monoisotopic (exact) mass is 1010 g/mol. The van der Waals surface area contributed by atoms with Gasteiger partial charge in [0.25, 0.3) is 0 Å². The molecule has 0 aromatic heterocycles. The SMILES string of the molecule is OC1(c2ccc(-c3ccc(C4(c5cc(C6(O)c7ccccc7-c7ccccc76)ccc5-c5ccc(C6(O)c7ccccc7-c7ccccc76)cc5)c5ccccc5-c5ccccc54)cc3)cc2)c2ccccc2-c2ccccc21. The second-order valence-corrected chi connectivity index (χ2v) is 21.7. The minimum atomic E-state index is -1.46. The Morgan fingerprint density at radius 1 is 0.177 bits per heavy atom. The molecule has 0 fully saturated rings. The van der Waals surface area contributed by atoms with Gasteiger partial charge in [0.2, 0.25) is 0 Å². The lowest BCUT2D eigenvalue weighted by atomic mass is 9.64. The Hall–Kier alpha value is -9.48. The third-order valence-corrected chi connectivity index (χ3v) is 18.1. The fourth-order valence-corrected chi connectivity index (χ4v) is 14.6. The van der Waals surface area contributed by atoms with Crippen LogP contribution in [-0.4, -0.2) is 15.3 Å². The highest BCUT2D eigenvalue weighted by atomic mass is 16.3. The van der Waals surface area contributed by atoms with Gasteiger partial charge in [-0.15, -0.1) is 0 Å². The van der Waals surface area contributed by atoms with Crippen LogP contribution in [0.25, 0.3) is 66.8 Å². The highest BCUT2D eigenvalue weighted by Crippen LogP contribution is 2.60. The fraction of sp³-hybridized carbons (Fsp3) is 0.0526. The molecule has 3 N–H and O–H groups in total. The quantitative estimate of drug-likeness (QED) is 0.149. The van der Waals surface area contributed by atoms with Crippen molar-refractivity contribution in [2.75, 3.05) is 0 Å². The first-order valence-corrected chi connectivity index (χ1v) is 27.2. The van der Waals surface area contributed by atoms with Gasteiger partial charge in [0, 0.05) is 33.4 Å². The van der Waals surface area contributed by atoms with Crippen LogP contribution in [0.3, 0.4) is 0 Å². The van der Waals surface area contributed by atoms with Crippen LogP contribution in [-0.2, 0) is 22.2 Å². The van der Waals surface area contributed by atoms with Crippen molar-refractivity contribution in [3.63, 3.8) is 0 Å². The molecule has 12 aromatic carbocycles. The summed E-state index contributed by atoms with van der Waals surface area (Å²) in [6.45, 7) is 0. The van der Waals surface area contributed by atoms with E-state index in [4.69, 9.17) is 0 Å². The molecule has 3 nitrogen and oxygen atoms in total. The maximum atomic E-state index is 13.7. The van der Waals surface area contributed by atoms with Crippen molar-refractivity contribution in [2.24, 2.45) is 0 Å². The summed E-state index contributed by atoms with van der Waals surface area (Å²) in [6, 6.07) is 99.5. The van der Waals surface area contributed by atoms with Gasteiger partial charge in [0.15, 0.2) is 0 Å². The largest absolute Gasteiger partial charge is 0.376 e. The minimum absolute atomic E-state index is 0.779. The average Bonchev–Trinajstić information content (AvgIpc) is 4.33. The Bertz CT molecular complexity index is 4290. The van der Waals surface area contributed by atoms with Crippen LogP contribution in [0.4, 0.5) is 0 Å². The Morgan fingerprint density at radius 3 is 0.747 bits per heavy atom. The van der Waals surface area contributed by atoms with Gasteiger partial charge < -0.3 is 15.3 Å². The smallest absolute Gasteiger partial charge is 0.141 e. The standard InChI is InChI=1S/C76H50O3/c77-74(66-27-11-3-19-58(66)59-20-4-12-28-67(59)74)52-41-35-49(36-42-52)48-33-39-51(40-34-48)73(64-25-9-1-17-56(64)57-18-2-10-26-65(57)73)72-47-54(76(79)70-31-15-7-23-62(70)63-24-8-16-32-71(63)76)45-46-55(72)50-37-43-53(44-38-50)75(78)68-29-13-5-21-60(68)61-22-6-14-30-69(61)75/h1-47,77-79H. The predicted molar refractivity (Wildman–Crippen MR) is 317 cm³/mol. The lowest BCUT2D eigenvalue weighted by molar-refractivity contribution is 0.130. The number of fused-ring (bicyclic) bond motifs is 12.